The van der Waals surface area contributed by atoms with Gasteiger partial charge in [-0.15, -0.1) is 0 Å². The first-order valence-electron chi connectivity index (χ1n) is 6.92. The molecule has 6 heteroatoms. The average Bonchev–Trinajstić information content (AvgIpc) is 2.49. The molecule has 0 aliphatic carbocycles. The zero-order valence-electron chi connectivity index (χ0n) is 12.3. The molecule has 0 amide bonds. The molecule has 0 fully saturated rings. The Kier molecular flexibility index (Phi) is 5.51. The van der Waals surface area contributed by atoms with Gasteiger partial charge >= 0.3 is 0 Å². The van der Waals surface area contributed by atoms with E-state index >= 15 is 0 Å². The van der Waals surface area contributed by atoms with Crippen molar-refractivity contribution in [2.45, 2.75) is 19.2 Å². The van der Waals surface area contributed by atoms with Crippen LogP contribution in [-0.4, -0.2) is 15.0 Å². The third-order valence-corrected chi connectivity index (χ3v) is 4.31. The highest BCUT2D eigenvalue weighted by Crippen LogP contribution is 2.13. The summed E-state index contributed by atoms with van der Waals surface area (Å²) in [6, 6.07) is 13.0. The zero-order chi connectivity index (χ0) is 16.0. The number of halogens is 1. The summed E-state index contributed by atoms with van der Waals surface area (Å²) in [6.45, 7) is 2.63. The van der Waals surface area contributed by atoms with Crippen LogP contribution in [0.2, 0.25) is 0 Å². The quantitative estimate of drug-likeness (QED) is 0.852. The van der Waals surface area contributed by atoms with Crippen molar-refractivity contribution >= 4 is 10.0 Å². The Labute approximate surface area is 130 Å². The second-order valence-electron chi connectivity index (χ2n) is 4.75. The number of sulfonamides is 1. The Bertz CT molecular complexity index is 714. The molecule has 0 atom stereocenters. The van der Waals surface area contributed by atoms with E-state index in [0.717, 1.165) is 11.3 Å². The van der Waals surface area contributed by atoms with E-state index in [1.807, 2.05) is 6.92 Å². The largest absolute Gasteiger partial charge is 0.494 e. The molecule has 2 aromatic carbocycles. The van der Waals surface area contributed by atoms with Gasteiger partial charge in [0.25, 0.3) is 0 Å². The highest BCUT2D eigenvalue weighted by molar-refractivity contribution is 7.88. The van der Waals surface area contributed by atoms with Crippen molar-refractivity contribution in [3.8, 4) is 5.75 Å². The summed E-state index contributed by atoms with van der Waals surface area (Å²) in [7, 11) is -3.60. The molecular weight excluding hydrogens is 305 g/mol. The summed E-state index contributed by atoms with van der Waals surface area (Å²) < 4.78 is 45.3. The van der Waals surface area contributed by atoms with Crippen LogP contribution in [0.25, 0.3) is 0 Å². The van der Waals surface area contributed by atoms with Crippen molar-refractivity contribution in [1.29, 1.82) is 0 Å². The van der Waals surface area contributed by atoms with Gasteiger partial charge in [0.05, 0.1) is 12.4 Å². The van der Waals surface area contributed by atoms with Gasteiger partial charge in [-0.2, -0.15) is 0 Å². The summed E-state index contributed by atoms with van der Waals surface area (Å²) in [4.78, 5) is 0. The molecule has 0 radical (unpaired) electrons. The molecule has 22 heavy (non-hydrogen) atoms. The lowest BCUT2D eigenvalue weighted by atomic mass is 10.2. The monoisotopic (exact) mass is 323 g/mol. The summed E-state index contributed by atoms with van der Waals surface area (Å²) in [6.07, 6.45) is 0. The van der Waals surface area contributed by atoms with Crippen LogP contribution in [0.3, 0.4) is 0 Å². The van der Waals surface area contributed by atoms with Crippen LogP contribution < -0.4 is 9.46 Å². The van der Waals surface area contributed by atoms with Crippen LogP contribution in [0.1, 0.15) is 18.1 Å². The molecule has 0 bridgehead atoms. The van der Waals surface area contributed by atoms with Gasteiger partial charge in [-0.3, -0.25) is 0 Å². The normalized spacial score (nSPS) is 11.4. The zero-order valence-corrected chi connectivity index (χ0v) is 13.1. The maximum Gasteiger partial charge on any atom is 0.216 e. The minimum Gasteiger partial charge on any atom is -0.494 e. The van der Waals surface area contributed by atoms with E-state index in [1.54, 1.807) is 30.3 Å². The van der Waals surface area contributed by atoms with E-state index in [2.05, 4.69) is 4.72 Å². The van der Waals surface area contributed by atoms with E-state index < -0.39 is 15.8 Å². The number of benzene rings is 2. The molecular formula is C16H18FNO3S. The van der Waals surface area contributed by atoms with Gasteiger partial charge in [0, 0.05) is 12.1 Å². The number of rotatable bonds is 7. The average molecular weight is 323 g/mol. The lowest BCUT2D eigenvalue weighted by Crippen LogP contribution is -2.25. The van der Waals surface area contributed by atoms with Crippen LogP contribution in [0.5, 0.6) is 5.75 Å². The number of nitrogens with one attached hydrogen (secondary N) is 1. The van der Waals surface area contributed by atoms with Crippen LogP contribution in [0.4, 0.5) is 4.39 Å². The van der Waals surface area contributed by atoms with Crippen molar-refractivity contribution in [3.05, 3.63) is 65.5 Å². The number of ether oxygens (including phenoxy) is 1. The van der Waals surface area contributed by atoms with Gasteiger partial charge in [-0.05, 0) is 30.7 Å². The van der Waals surface area contributed by atoms with Crippen LogP contribution in [0.15, 0.2) is 48.5 Å². The smallest absolute Gasteiger partial charge is 0.216 e. The first-order chi connectivity index (χ1) is 10.5. The van der Waals surface area contributed by atoms with Gasteiger partial charge in [0.2, 0.25) is 10.0 Å². The van der Waals surface area contributed by atoms with Crippen LogP contribution in [0, 0.1) is 5.82 Å². The van der Waals surface area contributed by atoms with E-state index in [0.29, 0.717) is 6.61 Å². The maximum atomic E-state index is 13.5. The van der Waals surface area contributed by atoms with Crippen LogP contribution in [-0.2, 0) is 22.3 Å². The summed E-state index contributed by atoms with van der Waals surface area (Å²) in [5, 5.41) is 0. The fraction of sp³-hybridized carbons (Fsp3) is 0.250. The predicted molar refractivity (Wildman–Crippen MR) is 83.5 cm³/mol. The molecule has 4 nitrogen and oxygen atoms in total. The van der Waals surface area contributed by atoms with E-state index in [1.165, 1.54) is 18.2 Å². The van der Waals surface area contributed by atoms with Gasteiger partial charge in [0.1, 0.15) is 11.6 Å². The van der Waals surface area contributed by atoms with Crippen molar-refractivity contribution < 1.29 is 17.5 Å². The van der Waals surface area contributed by atoms with Gasteiger partial charge in [-0.25, -0.2) is 17.5 Å². The highest BCUT2D eigenvalue weighted by Gasteiger charge is 2.14. The van der Waals surface area contributed by atoms with E-state index in [-0.39, 0.29) is 17.9 Å². The Hall–Kier alpha value is -1.92. The highest BCUT2D eigenvalue weighted by atomic mass is 32.2. The molecule has 118 valence electrons. The molecule has 1 N–H and O–H groups in total. The second-order valence-corrected chi connectivity index (χ2v) is 6.56. The van der Waals surface area contributed by atoms with Gasteiger partial charge < -0.3 is 4.74 Å². The molecule has 2 rings (SSSR count). The van der Waals surface area contributed by atoms with E-state index in [9.17, 15) is 12.8 Å². The molecule has 0 heterocycles. The molecule has 0 unspecified atom stereocenters. The standard InChI is InChI=1S/C16H18FNO3S/c1-2-21-15-9-7-13(8-10-15)11-18-22(19,20)12-14-5-3-4-6-16(14)17/h3-10,18H,2,11-12H2,1H3. The molecule has 2 aromatic rings. The Morgan fingerprint density at radius 2 is 1.77 bits per heavy atom. The maximum absolute atomic E-state index is 13.5. The van der Waals surface area contributed by atoms with Crippen molar-refractivity contribution in [3.63, 3.8) is 0 Å². The van der Waals surface area contributed by atoms with E-state index in [4.69, 9.17) is 4.74 Å². The lowest BCUT2D eigenvalue weighted by molar-refractivity contribution is 0.340. The van der Waals surface area contributed by atoms with Crippen LogP contribution >= 0.6 is 0 Å². The predicted octanol–water partition coefficient (Wildman–Crippen LogP) is 2.84. The molecule has 0 saturated heterocycles. The second kappa shape index (κ2) is 7.38. The number of hydrogen-bond donors (Lipinski definition) is 1. The van der Waals surface area contributed by atoms with Gasteiger partial charge in [0.15, 0.2) is 0 Å². The first-order valence-corrected chi connectivity index (χ1v) is 8.58. The summed E-state index contributed by atoms with van der Waals surface area (Å²) in [5.41, 5.74) is 0.960. The molecule has 0 saturated carbocycles. The van der Waals surface area contributed by atoms with Crippen molar-refractivity contribution in [2.24, 2.45) is 0 Å². The lowest BCUT2D eigenvalue weighted by Gasteiger charge is -2.08. The molecule has 0 aliphatic heterocycles. The fourth-order valence-corrected chi connectivity index (χ4v) is 3.07. The third-order valence-electron chi connectivity index (χ3n) is 3.03. The first kappa shape index (κ1) is 16.5. The SMILES string of the molecule is CCOc1ccc(CNS(=O)(=O)Cc2ccccc2F)cc1. The minimum absolute atomic E-state index is 0.154. The fourth-order valence-electron chi connectivity index (χ4n) is 1.93. The molecule has 0 aromatic heterocycles. The molecule has 0 aliphatic rings. The third kappa shape index (κ3) is 4.82. The molecule has 0 spiro atoms. The summed E-state index contributed by atoms with van der Waals surface area (Å²) in [5.74, 6) is -0.161. The van der Waals surface area contributed by atoms with Crippen molar-refractivity contribution in [1.82, 2.24) is 4.72 Å². The topological polar surface area (TPSA) is 55.4 Å². The Morgan fingerprint density at radius 1 is 1.09 bits per heavy atom. The van der Waals surface area contributed by atoms with Gasteiger partial charge in [-0.1, -0.05) is 30.3 Å². The Morgan fingerprint density at radius 3 is 2.41 bits per heavy atom. The minimum atomic E-state index is -3.60. The Balaban J connectivity index is 1.96. The number of hydrogen-bond acceptors (Lipinski definition) is 3. The van der Waals surface area contributed by atoms with Crippen molar-refractivity contribution in [2.75, 3.05) is 6.61 Å². The summed E-state index contributed by atoms with van der Waals surface area (Å²) >= 11 is 0.